The molecule has 168 valence electrons. The van der Waals surface area contributed by atoms with Crippen molar-refractivity contribution in [2.75, 3.05) is 26.0 Å². The summed E-state index contributed by atoms with van der Waals surface area (Å²) in [5.41, 5.74) is 0.972. The van der Waals surface area contributed by atoms with Gasteiger partial charge in [0.15, 0.2) is 11.0 Å². The predicted molar refractivity (Wildman–Crippen MR) is 122 cm³/mol. The van der Waals surface area contributed by atoms with E-state index in [9.17, 15) is 13.2 Å². The Bertz CT molecular complexity index is 1250. The molecule has 0 radical (unpaired) electrons. The van der Waals surface area contributed by atoms with Crippen LogP contribution < -0.4 is 0 Å². The van der Waals surface area contributed by atoms with Gasteiger partial charge in [0.1, 0.15) is 4.90 Å². The van der Waals surface area contributed by atoms with Crippen molar-refractivity contribution >= 4 is 39.3 Å². The number of methoxy groups -OCH3 is 1. The lowest BCUT2D eigenvalue weighted by Gasteiger charge is -2.15. The molecule has 1 aliphatic rings. The Balaban J connectivity index is 1.52. The minimum absolute atomic E-state index is 0.0346. The predicted octanol–water partition coefficient (Wildman–Crippen LogP) is 3.57. The second-order valence-corrected chi connectivity index (χ2v) is 10.3. The van der Waals surface area contributed by atoms with Crippen molar-refractivity contribution in [2.45, 2.75) is 23.0 Å². The number of amides is 1. The fraction of sp³-hybridized carbons (Fsp3) is 0.286. The van der Waals surface area contributed by atoms with Gasteiger partial charge in [0.05, 0.1) is 10.6 Å². The van der Waals surface area contributed by atoms with Crippen molar-refractivity contribution in [3.8, 4) is 11.4 Å². The van der Waals surface area contributed by atoms with Gasteiger partial charge in [-0.2, -0.15) is 0 Å². The van der Waals surface area contributed by atoms with Gasteiger partial charge in [-0.05, 0) is 30.7 Å². The first-order chi connectivity index (χ1) is 15.4. The largest absolute Gasteiger partial charge is 0.385 e. The van der Waals surface area contributed by atoms with Crippen LogP contribution in [0.15, 0.2) is 58.6 Å². The van der Waals surface area contributed by atoms with Crippen LogP contribution in [0.2, 0.25) is 5.02 Å². The summed E-state index contributed by atoms with van der Waals surface area (Å²) in [5.74, 6) is 0.468. The molecule has 32 heavy (non-hydrogen) atoms. The van der Waals surface area contributed by atoms with Gasteiger partial charge < -0.3 is 9.30 Å². The van der Waals surface area contributed by atoms with Crippen molar-refractivity contribution < 1.29 is 17.9 Å². The smallest absolute Gasteiger partial charge is 0.269 e. The lowest BCUT2D eigenvalue weighted by molar-refractivity contribution is 0.0876. The van der Waals surface area contributed by atoms with E-state index in [-0.39, 0.29) is 17.0 Å². The van der Waals surface area contributed by atoms with Crippen LogP contribution in [0.5, 0.6) is 0 Å². The van der Waals surface area contributed by atoms with E-state index >= 15 is 0 Å². The third-order valence-electron chi connectivity index (χ3n) is 5.00. The molecule has 0 atom stereocenters. The Labute approximate surface area is 195 Å². The summed E-state index contributed by atoms with van der Waals surface area (Å²) >= 11 is 7.70. The molecule has 1 aromatic heterocycles. The summed E-state index contributed by atoms with van der Waals surface area (Å²) in [5, 5.41) is 9.80. The molecule has 0 saturated carbocycles. The zero-order valence-electron chi connectivity index (χ0n) is 17.3. The van der Waals surface area contributed by atoms with Gasteiger partial charge in [0.25, 0.3) is 15.9 Å². The van der Waals surface area contributed by atoms with Gasteiger partial charge in [-0.3, -0.25) is 4.79 Å². The van der Waals surface area contributed by atoms with Gasteiger partial charge in [0.2, 0.25) is 0 Å². The van der Waals surface area contributed by atoms with Crippen LogP contribution >= 0.6 is 23.4 Å². The lowest BCUT2D eigenvalue weighted by Crippen LogP contribution is -2.32. The van der Waals surface area contributed by atoms with Crippen LogP contribution in [-0.2, 0) is 21.3 Å². The Morgan fingerprint density at radius 3 is 2.47 bits per heavy atom. The molecule has 0 aliphatic carbocycles. The van der Waals surface area contributed by atoms with Gasteiger partial charge in [-0.1, -0.05) is 47.6 Å². The zero-order valence-corrected chi connectivity index (χ0v) is 19.7. The summed E-state index contributed by atoms with van der Waals surface area (Å²) in [6, 6.07) is 13.6. The van der Waals surface area contributed by atoms with Crippen LogP contribution in [0, 0.1) is 0 Å². The Morgan fingerprint density at radius 1 is 1.03 bits per heavy atom. The van der Waals surface area contributed by atoms with Gasteiger partial charge in [-0.25, -0.2) is 12.7 Å². The minimum atomic E-state index is -3.83. The second-order valence-electron chi connectivity index (χ2n) is 7.01. The number of ether oxygens (including phenoxy) is 1. The van der Waals surface area contributed by atoms with Crippen molar-refractivity contribution in [2.24, 2.45) is 0 Å². The molecule has 0 unspecified atom stereocenters. The molecule has 0 fully saturated rings. The number of carbonyl (C=O) groups is 1. The van der Waals surface area contributed by atoms with E-state index < -0.39 is 15.9 Å². The average Bonchev–Trinajstić information content (AvgIpc) is 3.26. The number of fused-ring (bicyclic) bond motifs is 1. The highest BCUT2D eigenvalue weighted by Crippen LogP contribution is 2.32. The van der Waals surface area contributed by atoms with Crippen LogP contribution in [-0.4, -0.2) is 59.4 Å². The molecule has 0 saturated heterocycles. The highest BCUT2D eigenvalue weighted by molar-refractivity contribution is 7.99. The topological polar surface area (TPSA) is 94.4 Å². The molecule has 0 bridgehead atoms. The number of aromatic nitrogens is 3. The first-order valence-electron chi connectivity index (χ1n) is 9.91. The van der Waals surface area contributed by atoms with Gasteiger partial charge in [-0.15, -0.1) is 10.2 Å². The number of rotatable bonds is 9. The maximum absolute atomic E-state index is 12.7. The molecular formula is C21H21ClN4O4S2. The highest BCUT2D eigenvalue weighted by Gasteiger charge is 2.40. The van der Waals surface area contributed by atoms with Crippen LogP contribution in [0.3, 0.4) is 0 Å². The monoisotopic (exact) mass is 492 g/mol. The van der Waals surface area contributed by atoms with E-state index in [0.717, 1.165) is 16.3 Å². The third-order valence-corrected chi connectivity index (χ3v) is 8.12. The first kappa shape index (κ1) is 22.8. The normalized spacial score (nSPS) is 14.7. The summed E-state index contributed by atoms with van der Waals surface area (Å²) in [4.78, 5) is 12.7. The van der Waals surface area contributed by atoms with E-state index in [4.69, 9.17) is 16.3 Å². The number of benzene rings is 2. The van der Waals surface area contributed by atoms with Crippen molar-refractivity contribution in [1.82, 2.24) is 19.1 Å². The molecule has 1 aliphatic heterocycles. The van der Waals surface area contributed by atoms with Crippen LogP contribution in [0.4, 0.5) is 0 Å². The second kappa shape index (κ2) is 9.62. The summed E-state index contributed by atoms with van der Waals surface area (Å²) in [6.07, 6.45) is 0.744. The summed E-state index contributed by atoms with van der Waals surface area (Å²) in [7, 11) is -2.19. The number of halogens is 1. The minimum Gasteiger partial charge on any atom is -0.385 e. The SMILES string of the molecule is COCCCn1c(SCCN2C(=O)c3ccccc3S2(=O)=O)nnc1-c1ccccc1Cl. The molecular weight excluding hydrogens is 472 g/mol. The van der Waals surface area contributed by atoms with Crippen LogP contribution in [0.25, 0.3) is 11.4 Å². The van der Waals surface area contributed by atoms with Gasteiger partial charge >= 0.3 is 0 Å². The van der Waals surface area contributed by atoms with Crippen molar-refractivity contribution in [3.05, 3.63) is 59.1 Å². The van der Waals surface area contributed by atoms with E-state index in [2.05, 4.69) is 10.2 Å². The molecule has 1 amide bonds. The van der Waals surface area contributed by atoms with E-state index in [1.165, 1.54) is 23.9 Å². The molecule has 3 aromatic rings. The van der Waals surface area contributed by atoms with Gasteiger partial charge in [0, 0.05) is 38.1 Å². The number of hydrogen-bond acceptors (Lipinski definition) is 7. The number of thioether (sulfide) groups is 1. The average molecular weight is 493 g/mol. The fourth-order valence-corrected chi connectivity index (χ4v) is 6.27. The quantitative estimate of drug-likeness (QED) is 0.333. The molecule has 2 heterocycles. The number of carbonyl (C=O) groups excluding carboxylic acids is 1. The molecule has 11 heteroatoms. The summed E-state index contributed by atoms with van der Waals surface area (Å²) < 4.78 is 33.5. The maximum atomic E-state index is 12.7. The van der Waals surface area contributed by atoms with Crippen LogP contribution in [0.1, 0.15) is 16.8 Å². The van der Waals surface area contributed by atoms with E-state index in [1.807, 2.05) is 22.8 Å². The van der Waals surface area contributed by atoms with Crippen molar-refractivity contribution in [1.29, 1.82) is 0 Å². The summed E-state index contributed by atoms with van der Waals surface area (Å²) in [6.45, 7) is 1.21. The van der Waals surface area contributed by atoms with Crippen molar-refractivity contribution in [3.63, 3.8) is 0 Å². The van der Waals surface area contributed by atoms with E-state index in [1.54, 1.807) is 25.3 Å². The third kappa shape index (κ3) is 4.27. The standard InChI is InChI=1S/C21H21ClN4O4S2/c1-30-13-6-11-25-19(15-7-2-4-9-17(15)22)23-24-21(25)31-14-12-26-20(27)16-8-3-5-10-18(16)32(26,28)29/h2-5,7-10H,6,11-14H2,1H3. The Hall–Kier alpha value is -2.40. The maximum Gasteiger partial charge on any atom is 0.269 e. The number of nitrogens with zero attached hydrogens (tertiary/aromatic N) is 4. The Kier molecular flexibility index (Phi) is 6.85. The fourth-order valence-electron chi connectivity index (χ4n) is 3.48. The first-order valence-corrected chi connectivity index (χ1v) is 12.7. The number of hydrogen-bond donors (Lipinski definition) is 0. The molecule has 0 N–H and O–H groups in total. The van der Waals surface area contributed by atoms with E-state index in [0.29, 0.717) is 34.9 Å². The zero-order chi connectivity index (χ0) is 22.7. The molecule has 4 rings (SSSR count). The molecule has 0 spiro atoms. The molecule has 8 nitrogen and oxygen atoms in total. The lowest BCUT2D eigenvalue weighted by atomic mass is 10.2. The Morgan fingerprint density at radius 2 is 1.75 bits per heavy atom. The number of sulfonamides is 1. The highest BCUT2D eigenvalue weighted by atomic mass is 35.5. The molecule has 2 aromatic carbocycles.